The predicted molar refractivity (Wildman–Crippen MR) is 89.5 cm³/mol. The van der Waals surface area contributed by atoms with Crippen LogP contribution in [0.1, 0.15) is 47.0 Å². The van der Waals surface area contributed by atoms with E-state index >= 15 is 0 Å². The highest BCUT2D eigenvalue weighted by atomic mass is 28.2. The number of hydrogen-bond acceptors (Lipinski definition) is 0. The molecule has 0 amide bonds. The lowest BCUT2D eigenvalue weighted by molar-refractivity contribution is 0.492. The van der Waals surface area contributed by atoms with Crippen LogP contribution in [-0.2, 0) is 0 Å². The number of rotatable bonds is 4. The average molecular weight is 273 g/mol. The Hall–Kier alpha value is -0.823. The van der Waals surface area contributed by atoms with Gasteiger partial charge in [-0.25, -0.2) is 0 Å². The maximum Gasteiger partial charge on any atom is 0.0451 e. The standard InChI is InChI=1S/C18H28Si/c1-5-12-18(13-7-6-8-14-18)19-16-11-9-10-15(16)17(2,3)4/h6-11,13,16H,5,12,14,19H2,1-4H3. The summed E-state index contributed by atoms with van der Waals surface area (Å²) < 4.78 is 0. The van der Waals surface area contributed by atoms with E-state index in [1.54, 1.807) is 5.57 Å². The normalized spacial score (nSPS) is 30.5. The molecule has 1 heteroatoms. The first-order chi connectivity index (χ1) is 8.97. The highest BCUT2D eigenvalue weighted by molar-refractivity contribution is 6.45. The van der Waals surface area contributed by atoms with E-state index in [1.807, 2.05) is 0 Å². The summed E-state index contributed by atoms with van der Waals surface area (Å²) >= 11 is 0. The minimum atomic E-state index is -0.196. The van der Waals surface area contributed by atoms with Gasteiger partial charge in [-0.3, -0.25) is 0 Å². The van der Waals surface area contributed by atoms with E-state index in [0.29, 0.717) is 10.5 Å². The molecule has 0 saturated heterocycles. The van der Waals surface area contributed by atoms with Gasteiger partial charge >= 0.3 is 0 Å². The molecule has 2 aliphatic carbocycles. The van der Waals surface area contributed by atoms with Crippen molar-refractivity contribution in [2.24, 2.45) is 5.41 Å². The molecule has 0 fully saturated rings. The van der Waals surface area contributed by atoms with Crippen LogP contribution in [0.25, 0.3) is 0 Å². The fourth-order valence-electron chi connectivity index (χ4n) is 3.59. The van der Waals surface area contributed by atoms with Crippen LogP contribution in [0.15, 0.2) is 48.1 Å². The van der Waals surface area contributed by atoms with Gasteiger partial charge in [0, 0.05) is 9.52 Å². The van der Waals surface area contributed by atoms with Crippen LogP contribution in [-0.4, -0.2) is 9.52 Å². The number of hydrogen-bond donors (Lipinski definition) is 0. The minimum absolute atomic E-state index is 0.196. The Morgan fingerprint density at radius 2 is 2.05 bits per heavy atom. The van der Waals surface area contributed by atoms with E-state index < -0.39 is 0 Å². The zero-order valence-corrected chi connectivity index (χ0v) is 14.4. The van der Waals surface area contributed by atoms with Gasteiger partial charge < -0.3 is 0 Å². The molecular weight excluding hydrogens is 244 g/mol. The summed E-state index contributed by atoms with van der Waals surface area (Å²) in [5, 5.41) is 0.521. The van der Waals surface area contributed by atoms with E-state index in [2.05, 4.69) is 70.2 Å². The van der Waals surface area contributed by atoms with Crippen LogP contribution in [0.4, 0.5) is 0 Å². The van der Waals surface area contributed by atoms with Crippen molar-refractivity contribution in [3.8, 4) is 0 Å². The van der Waals surface area contributed by atoms with Crippen LogP contribution in [0.5, 0.6) is 0 Å². The first kappa shape index (κ1) is 14.6. The molecule has 0 N–H and O–H groups in total. The Morgan fingerprint density at radius 1 is 1.26 bits per heavy atom. The highest BCUT2D eigenvalue weighted by Gasteiger charge is 2.34. The highest BCUT2D eigenvalue weighted by Crippen LogP contribution is 2.47. The molecule has 0 heterocycles. The van der Waals surface area contributed by atoms with Gasteiger partial charge in [-0.15, -0.1) is 0 Å². The van der Waals surface area contributed by atoms with Gasteiger partial charge in [-0.1, -0.05) is 82.2 Å². The monoisotopic (exact) mass is 272 g/mol. The summed E-state index contributed by atoms with van der Waals surface area (Å²) in [5.74, 6) is 0. The largest absolute Gasteiger partial charge is 0.0840 e. The van der Waals surface area contributed by atoms with Gasteiger partial charge in [0.25, 0.3) is 0 Å². The summed E-state index contributed by atoms with van der Waals surface area (Å²) in [6, 6.07) is 0. The van der Waals surface area contributed by atoms with Gasteiger partial charge in [0.15, 0.2) is 0 Å². The van der Waals surface area contributed by atoms with Crippen LogP contribution >= 0.6 is 0 Å². The lowest BCUT2D eigenvalue weighted by atomic mass is 9.85. The fraction of sp³-hybridized carbons (Fsp3) is 0.556. The Labute approximate surface area is 121 Å². The van der Waals surface area contributed by atoms with Gasteiger partial charge in [-0.05, 0) is 28.8 Å². The average Bonchev–Trinajstić information content (AvgIpc) is 2.78. The van der Waals surface area contributed by atoms with Gasteiger partial charge in [0.1, 0.15) is 0 Å². The molecule has 0 spiro atoms. The Kier molecular flexibility index (Phi) is 4.35. The molecule has 2 aliphatic rings. The van der Waals surface area contributed by atoms with Crippen molar-refractivity contribution in [3.63, 3.8) is 0 Å². The third kappa shape index (κ3) is 3.39. The maximum atomic E-state index is 2.52. The van der Waals surface area contributed by atoms with E-state index in [-0.39, 0.29) is 9.52 Å². The molecule has 19 heavy (non-hydrogen) atoms. The SMILES string of the molecule is CCCC1([SiH2]C2C=CC=C2C(C)(C)C)C=CC=CC1. The van der Waals surface area contributed by atoms with Gasteiger partial charge in [0.2, 0.25) is 0 Å². The molecule has 2 atom stereocenters. The molecule has 0 aromatic heterocycles. The third-order valence-electron chi connectivity index (χ3n) is 4.48. The molecule has 2 unspecified atom stereocenters. The van der Waals surface area contributed by atoms with Crippen molar-refractivity contribution in [1.29, 1.82) is 0 Å². The fourth-order valence-corrected chi connectivity index (χ4v) is 6.89. The van der Waals surface area contributed by atoms with Gasteiger partial charge in [0.05, 0.1) is 0 Å². The second kappa shape index (κ2) is 5.66. The maximum absolute atomic E-state index is 2.52. The lowest BCUT2D eigenvalue weighted by Gasteiger charge is -2.36. The summed E-state index contributed by atoms with van der Waals surface area (Å²) in [7, 11) is -0.196. The molecule has 2 rings (SSSR count). The van der Waals surface area contributed by atoms with E-state index in [9.17, 15) is 0 Å². The van der Waals surface area contributed by atoms with Crippen LogP contribution in [0.2, 0.25) is 10.6 Å². The molecular formula is C18H28Si. The minimum Gasteiger partial charge on any atom is -0.0840 e. The summed E-state index contributed by atoms with van der Waals surface area (Å²) in [6.45, 7) is 9.40. The Balaban J connectivity index is 2.15. The molecule has 0 saturated carbocycles. The van der Waals surface area contributed by atoms with Crippen molar-refractivity contribution >= 4 is 9.52 Å². The van der Waals surface area contributed by atoms with E-state index in [4.69, 9.17) is 0 Å². The number of allylic oxidation sites excluding steroid dienone is 8. The molecule has 104 valence electrons. The lowest BCUT2D eigenvalue weighted by Crippen LogP contribution is -2.26. The first-order valence-electron chi connectivity index (χ1n) is 7.70. The topological polar surface area (TPSA) is 0 Å². The van der Waals surface area contributed by atoms with Gasteiger partial charge in [-0.2, -0.15) is 0 Å². The molecule has 0 aromatic carbocycles. The zero-order valence-electron chi connectivity index (χ0n) is 12.9. The molecule has 0 bridgehead atoms. The third-order valence-corrected chi connectivity index (χ3v) is 7.32. The predicted octanol–water partition coefficient (Wildman–Crippen LogP) is 4.96. The zero-order chi connectivity index (χ0) is 13.9. The second-order valence-corrected chi connectivity index (χ2v) is 9.87. The van der Waals surface area contributed by atoms with Crippen LogP contribution < -0.4 is 0 Å². The summed E-state index contributed by atoms with van der Waals surface area (Å²) in [5.41, 5.74) is 2.75. The first-order valence-corrected chi connectivity index (χ1v) is 9.22. The van der Waals surface area contributed by atoms with Crippen molar-refractivity contribution < 1.29 is 0 Å². The molecule has 0 radical (unpaired) electrons. The van der Waals surface area contributed by atoms with E-state index in [1.165, 1.54) is 19.3 Å². The van der Waals surface area contributed by atoms with Crippen LogP contribution in [0.3, 0.4) is 0 Å². The second-order valence-electron chi connectivity index (χ2n) is 7.17. The van der Waals surface area contributed by atoms with Crippen LogP contribution in [0, 0.1) is 5.41 Å². The molecule has 0 aliphatic heterocycles. The van der Waals surface area contributed by atoms with Crippen molar-refractivity contribution in [2.45, 2.75) is 57.5 Å². The van der Waals surface area contributed by atoms with Crippen molar-refractivity contribution in [3.05, 3.63) is 48.1 Å². The summed E-state index contributed by atoms with van der Waals surface area (Å²) in [4.78, 5) is 0. The molecule has 0 nitrogen and oxygen atoms in total. The molecule has 0 aromatic rings. The Morgan fingerprint density at radius 3 is 2.63 bits per heavy atom. The van der Waals surface area contributed by atoms with Crippen molar-refractivity contribution in [1.82, 2.24) is 0 Å². The smallest absolute Gasteiger partial charge is 0.0451 e. The van der Waals surface area contributed by atoms with Crippen molar-refractivity contribution in [2.75, 3.05) is 0 Å². The van der Waals surface area contributed by atoms with E-state index in [0.717, 1.165) is 5.54 Å². The quantitative estimate of drug-likeness (QED) is 0.634. The Bertz CT molecular complexity index is 431. The summed E-state index contributed by atoms with van der Waals surface area (Å²) in [6.07, 6.45) is 20.5.